The number of imidazole rings is 1. The van der Waals surface area contributed by atoms with Gasteiger partial charge in [0.1, 0.15) is 5.76 Å². The largest absolute Gasteiger partial charge is 0.467 e. The smallest absolute Gasteiger partial charge is 0.231 e. The van der Waals surface area contributed by atoms with Crippen LogP contribution in [0.3, 0.4) is 0 Å². The molecule has 0 aliphatic heterocycles. The van der Waals surface area contributed by atoms with Gasteiger partial charge >= 0.3 is 0 Å². The number of aromatic nitrogens is 4. The molecular formula is C16H15N5O2S. The SMILES string of the molecule is C[C@H](NC(=O)CSc1n[nH]c2nc3ccccc3n12)c1ccco1. The maximum atomic E-state index is 12.1. The highest BCUT2D eigenvalue weighted by Gasteiger charge is 2.15. The van der Waals surface area contributed by atoms with Gasteiger partial charge in [-0.3, -0.25) is 9.20 Å². The minimum atomic E-state index is -0.165. The molecule has 0 aliphatic rings. The molecule has 7 nitrogen and oxygen atoms in total. The third-order valence-electron chi connectivity index (χ3n) is 3.68. The zero-order valence-electron chi connectivity index (χ0n) is 12.9. The normalized spacial score (nSPS) is 12.7. The van der Waals surface area contributed by atoms with E-state index in [9.17, 15) is 4.79 Å². The molecule has 4 rings (SSSR count). The van der Waals surface area contributed by atoms with E-state index in [-0.39, 0.29) is 17.7 Å². The third kappa shape index (κ3) is 2.65. The van der Waals surface area contributed by atoms with Crippen LogP contribution in [-0.2, 0) is 4.79 Å². The molecule has 0 saturated heterocycles. The summed E-state index contributed by atoms with van der Waals surface area (Å²) in [7, 11) is 0. The molecule has 8 heteroatoms. The number of carbonyl (C=O) groups excluding carboxylic acids is 1. The van der Waals surface area contributed by atoms with Gasteiger partial charge in [0, 0.05) is 0 Å². The molecule has 0 aliphatic carbocycles. The Morgan fingerprint density at radius 2 is 2.25 bits per heavy atom. The fraction of sp³-hybridized carbons (Fsp3) is 0.188. The number of H-pyrrole nitrogens is 1. The van der Waals surface area contributed by atoms with Gasteiger partial charge in [-0.05, 0) is 31.2 Å². The maximum absolute atomic E-state index is 12.1. The quantitative estimate of drug-likeness (QED) is 0.545. The summed E-state index contributed by atoms with van der Waals surface area (Å²) in [5.41, 5.74) is 1.86. The lowest BCUT2D eigenvalue weighted by atomic mass is 10.2. The molecule has 0 spiro atoms. The summed E-state index contributed by atoms with van der Waals surface area (Å²) in [6, 6.07) is 11.3. The van der Waals surface area contributed by atoms with E-state index in [0.29, 0.717) is 10.9 Å². The van der Waals surface area contributed by atoms with Crippen molar-refractivity contribution in [3.8, 4) is 0 Å². The molecule has 0 saturated carbocycles. The Labute approximate surface area is 141 Å². The van der Waals surface area contributed by atoms with Gasteiger partial charge in [0.05, 0.1) is 29.1 Å². The van der Waals surface area contributed by atoms with Crippen molar-refractivity contribution in [2.75, 3.05) is 5.75 Å². The van der Waals surface area contributed by atoms with Gasteiger partial charge in [0.15, 0.2) is 5.16 Å². The van der Waals surface area contributed by atoms with Crippen molar-refractivity contribution >= 4 is 34.5 Å². The lowest BCUT2D eigenvalue weighted by Crippen LogP contribution is -2.28. The first kappa shape index (κ1) is 14.8. The maximum Gasteiger partial charge on any atom is 0.231 e. The number of aromatic amines is 1. The number of fused-ring (bicyclic) bond motifs is 3. The predicted octanol–water partition coefficient (Wildman–Crippen LogP) is 2.77. The number of rotatable bonds is 5. The molecule has 3 aromatic heterocycles. The summed E-state index contributed by atoms with van der Waals surface area (Å²) in [6.07, 6.45) is 1.59. The molecule has 4 aromatic rings. The number of nitrogens with zero attached hydrogens (tertiary/aromatic N) is 3. The van der Waals surface area contributed by atoms with Crippen molar-refractivity contribution in [3.63, 3.8) is 0 Å². The second kappa shape index (κ2) is 6.04. The number of nitrogens with one attached hydrogen (secondary N) is 2. The van der Waals surface area contributed by atoms with Crippen LogP contribution in [0.15, 0.2) is 52.2 Å². The van der Waals surface area contributed by atoms with Crippen LogP contribution in [0, 0.1) is 0 Å². The number of thioether (sulfide) groups is 1. The summed E-state index contributed by atoms with van der Waals surface area (Å²) >= 11 is 1.36. The Hall–Kier alpha value is -2.74. The lowest BCUT2D eigenvalue weighted by Gasteiger charge is -2.10. The highest BCUT2D eigenvalue weighted by Crippen LogP contribution is 2.23. The van der Waals surface area contributed by atoms with Crippen LogP contribution in [0.5, 0.6) is 0 Å². The predicted molar refractivity (Wildman–Crippen MR) is 90.8 cm³/mol. The Bertz CT molecular complexity index is 989. The number of carbonyl (C=O) groups is 1. The molecule has 24 heavy (non-hydrogen) atoms. The number of hydrogen-bond acceptors (Lipinski definition) is 5. The summed E-state index contributed by atoms with van der Waals surface area (Å²) in [5.74, 6) is 1.58. The number of benzene rings is 1. The molecule has 1 atom stereocenters. The van der Waals surface area contributed by atoms with Crippen molar-refractivity contribution < 1.29 is 9.21 Å². The summed E-state index contributed by atoms with van der Waals surface area (Å²) < 4.78 is 7.21. The van der Waals surface area contributed by atoms with Crippen LogP contribution in [0.25, 0.3) is 16.8 Å². The average molecular weight is 341 g/mol. The standard InChI is InChI=1S/C16H15N5O2S/c1-10(13-7-4-8-23-13)17-14(22)9-24-16-20-19-15-18-11-5-2-3-6-12(11)21(15)16/h2-8,10H,9H2,1H3,(H,17,22)(H,18,19)/t10-/m0/s1. The Kier molecular flexibility index (Phi) is 3.73. The molecule has 1 amide bonds. The van der Waals surface area contributed by atoms with Crippen LogP contribution >= 0.6 is 11.8 Å². The second-order valence-corrected chi connectivity index (χ2v) is 6.30. The Balaban J connectivity index is 1.47. The Morgan fingerprint density at radius 1 is 1.38 bits per heavy atom. The summed E-state index contributed by atoms with van der Waals surface area (Å²) in [5, 5.41) is 10.8. The number of para-hydroxylation sites is 2. The molecule has 0 radical (unpaired) electrons. The fourth-order valence-electron chi connectivity index (χ4n) is 2.56. The van der Waals surface area contributed by atoms with Crippen molar-refractivity contribution in [2.45, 2.75) is 18.1 Å². The molecule has 122 valence electrons. The number of furan rings is 1. The van der Waals surface area contributed by atoms with Gasteiger partial charge in [0.25, 0.3) is 0 Å². The van der Waals surface area contributed by atoms with E-state index in [2.05, 4.69) is 20.5 Å². The lowest BCUT2D eigenvalue weighted by molar-refractivity contribution is -0.119. The van der Waals surface area contributed by atoms with Crippen LogP contribution in [0.4, 0.5) is 0 Å². The number of amides is 1. The zero-order chi connectivity index (χ0) is 16.5. The van der Waals surface area contributed by atoms with Gasteiger partial charge in [-0.1, -0.05) is 23.9 Å². The molecule has 3 heterocycles. The second-order valence-electron chi connectivity index (χ2n) is 5.36. The first-order valence-corrected chi connectivity index (χ1v) is 8.48. The van der Waals surface area contributed by atoms with Gasteiger partial charge in [-0.25, -0.2) is 10.1 Å². The molecule has 1 aromatic carbocycles. The Morgan fingerprint density at radius 3 is 3.08 bits per heavy atom. The highest BCUT2D eigenvalue weighted by molar-refractivity contribution is 7.99. The van der Waals surface area contributed by atoms with Crippen LogP contribution < -0.4 is 5.32 Å². The zero-order valence-corrected chi connectivity index (χ0v) is 13.7. The average Bonchev–Trinajstić information content (AvgIpc) is 3.29. The van der Waals surface area contributed by atoms with E-state index in [1.165, 1.54) is 11.8 Å². The molecule has 0 bridgehead atoms. The molecular weight excluding hydrogens is 326 g/mol. The van der Waals surface area contributed by atoms with Crippen molar-refractivity contribution in [1.82, 2.24) is 24.9 Å². The topological polar surface area (TPSA) is 88.2 Å². The molecule has 0 fully saturated rings. The van der Waals surface area contributed by atoms with Gasteiger partial charge in [-0.15, -0.1) is 5.10 Å². The summed E-state index contributed by atoms with van der Waals surface area (Å²) in [4.78, 5) is 16.6. The fourth-order valence-corrected chi connectivity index (χ4v) is 3.33. The highest BCUT2D eigenvalue weighted by atomic mass is 32.2. The summed E-state index contributed by atoms with van der Waals surface area (Å²) in [6.45, 7) is 1.89. The van der Waals surface area contributed by atoms with Crippen LogP contribution in [0.1, 0.15) is 18.7 Å². The molecule has 2 N–H and O–H groups in total. The molecule has 0 unspecified atom stereocenters. The van der Waals surface area contributed by atoms with E-state index in [1.54, 1.807) is 12.3 Å². The van der Waals surface area contributed by atoms with Gasteiger partial charge in [0.2, 0.25) is 11.7 Å². The van der Waals surface area contributed by atoms with Gasteiger partial charge < -0.3 is 9.73 Å². The number of hydrogen-bond donors (Lipinski definition) is 2. The minimum Gasteiger partial charge on any atom is -0.467 e. The van der Waals surface area contributed by atoms with Crippen molar-refractivity contribution in [1.29, 1.82) is 0 Å². The van der Waals surface area contributed by atoms with E-state index in [1.807, 2.05) is 41.7 Å². The minimum absolute atomic E-state index is 0.0792. The van der Waals surface area contributed by atoms with Crippen LogP contribution in [0.2, 0.25) is 0 Å². The van der Waals surface area contributed by atoms with E-state index >= 15 is 0 Å². The monoisotopic (exact) mass is 341 g/mol. The van der Waals surface area contributed by atoms with E-state index in [0.717, 1.165) is 16.8 Å². The third-order valence-corrected chi connectivity index (χ3v) is 4.62. The van der Waals surface area contributed by atoms with Crippen molar-refractivity contribution in [3.05, 3.63) is 48.4 Å². The van der Waals surface area contributed by atoms with E-state index < -0.39 is 0 Å². The first-order chi connectivity index (χ1) is 11.7. The van der Waals surface area contributed by atoms with Gasteiger partial charge in [-0.2, -0.15) is 0 Å². The van der Waals surface area contributed by atoms with E-state index in [4.69, 9.17) is 4.42 Å². The first-order valence-electron chi connectivity index (χ1n) is 7.49. The van der Waals surface area contributed by atoms with Crippen molar-refractivity contribution in [2.24, 2.45) is 0 Å². The van der Waals surface area contributed by atoms with Crippen LogP contribution in [-0.4, -0.2) is 31.2 Å².